The van der Waals surface area contributed by atoms with Crippen molar-refractivity contribution < 1.29 is 18.6 Å². The van der Waals surface area contributed by atoms with Crippen molar-refractivity contribution in [2.45, 2.75) is 39.3 Å². The first kappa shape index (κ1) is 17.0. The van der Waals surface area contributed by atoms with Gasteiger partial charge in [0.15, 0.2) is 0 Å². The van der Waals surface area contributed by atoms with E-state index in [-0.39, 0.29) is 0 Å². The summed E-state index contributed by atoms with van der Waals surface area (Å²) in [6.45, 7) is 3.09. The zero-order chi connectivity index (χ0) is 15.4. The van der Waals surface area contributed by atoms with Crippen LogP contribution in [0.5, 0.6) is 5.75 Å². The van der Waals surface area contributed by atoms with Gasteiger partial charge >= 0.3 is 12.8 Å². The lowest BCUT2D eigenvalue weighted by Crippen LogP contribution is -2.37. The number of carbonyl (C=O) groups excluding carboxylic acids is 1. The van der Waals surface area contributed by atoms with Crippen LogP contribution in [0, 0.1) is 0 Å². The molecule has 0 aromatic heterocycles. The van der Waals surface area contributed by atoms with E-state index < -0.39 is 24.5 Å². The SMILES string of the molecule is C[C@H](N[P@](=O)(Cl)Oc1ccccc1)C(=O)OC(C)(C)C. The fourth-order valence-electron chi connectivity index (χ4n) is 1.32. The maximum absolute atomic E-state index is 12.1. The standard InChI is InChI=1S/C13H19ClNO4P/c1-10(12(16)18-13(2,3)4)15-20(14,17)19-11-8-6-5-7-9-11/h5-10H,1-4H3,(H,15,17)/t10-,20-/m0/s1. The molecule has 0 bridgehead atoms. The summed E-state index contributed by atoms with van der Waals surface area (Å²) in [6.07, 6.45) is 0. The van der Waals surface area contributed by atoms with Gasteiger partial charge in [0.05, 0.1) is 0 Å². The highest BCUT2D eigenvalue weighted by Gasteiger charge is 2.30. The predicted molar refractivity (Wildman–Crippen MR) is 79.0 cm³/mol. The highest BCUT2D eigenvalue weighted by molar-refractivity contribution is 7.84. The van der Waals surface area contributed by atoms with Gasteiger partial charge in [0, 0.05) is 11.2 Å². The van der Waals surface area contributed by atoms with Crippen molar-refractivity contribution in [3.05, 3.63) is 30.3 Å². The maximum Gasteiger partial charge on any atom is 0.409 e. The summed E-state index contributed by atoms with van der Waals surface area (Å²) in [5.74, 6) is -0.190. The van der Waals surface area contributed by atoms with Crippen LogP contribution in [0.3, 0.4) is 0 Å². The van der Waals surface area contributed by atoms with Crippen molar-refractivity contribution in [1.82, 2.24) is 5.09 Å². The largest absolute Gasteiger partial charge is 0.459 e. The summed E-state index contributed by atoms with van der Waals surface area (Å²) in [5.41, 5.74) is -0.621. The number of ether oxygens (including phenoxy) is 1. The van der Waals surface area contributed by atoms with Crippen LogP contribution in [0.4, 0.5) is 0 Å². The molecule has 0 aliphatic heterocycles. The molecule has 0 heterocycles. The third-order valence-electron chi connectivity index (χ3n) is 2.07. The zero-order valence-corrected chi connectivity index (χ0v) is 13.6. The number of rotatable bonds is 5. The molecule has 1 aromatic rings. The van der Waals surface area contributed by atoms with Gasteiger partial charge in [-0.25, -0.2) is 9.65 Å². The van der Waals surface area contributed by atoms with E-state index in [0.717, 1.165) is 0 Å². The first-order valence-electron chi connectivity index (χ1n) is 6.14. The number of hydrogen-bond donors (Lipinski definition) is 1. The topological polar surface area (TPSA) is 64.6 Å². The Labute approximate surface area is 123 Å². The lowest BCUT2D eigenvalue weighted by molar-refractivity contribution is -0.156. The molecule has 0 aliphatic rings. The Kier molecular flexibility index (Phi) is 5.63. The zero-order valence-electron chi connectivity index (χ0n) is 11.9. The van der Waals surface area contributed by atoms with Crippen LogP contribution in [0.25, 0.3) is 0 Å². The van der Waals surface area contributed by atoms with Crippen molar-refractivity contribution in [1.29, 1.82) is 0 Å². The normalized spacial score (nSPS) is 16.1. The van der Waals surface area contributed by atoms with Crippen molar-refractivity contribution in [3.8, 4) is 5.75 Å². The Hall–Kier alpha value is -1.03. The summed E-state index contributed by atoms with van der Waals surface area (Å²) in [6, 6.07) is 7.64. The third-order valence-corrected chi connectivity index (χ3v) is 3.72. The number of carbonyl (C=O) groups is 1. The van der Waals surface area contributed by atoms with E-state index >= 15 is 0 Å². The summed E-state index contributed by atoms with van der Waals surface area (Å²) < 4.78 is 22.4. The first-order chi connectivity index (χ1) is 9.09. The van der Waals surface area contributed by atoms with Gasteiger partial charge in [-0.15, -0.1) is 0 Å². The van der Waals surface area contributed by atoms with Gasteiger partial charge in [0.25, 0.3) is 0 Å². The van der Waals surface area contributed by atoms with Crippen LogP contribution < -0.4 is 9.61 Å². The molecule has 0 radical (unpaired) electrons. The number of esters is 1. The van der Waals surface area contributed by atoms with Crippen LogP contribution in [0.15, 0.2) is 30.3 Å². The predicted octanol–water partition coefficient (Wildman–Crippen LogP) is 3.73. The van der Waals surface area contributed by atoms with Crippen LogP contribution in [-0.2, 0) is 14.1 Å². The molecule has 0 saturated carbocycles. The van der Waals surface area contributed by atoms with E-state index in [1.807, 2.05) is 0 Å². The molecule has 0 amide bonds. The van der Waals surface area contributed by atoms with Crippen LogP contribution in [0.2, 0.25) is 0 Å². The van der Waals surface area contributed by atoms with E-state index in [4.69, 9.17) is 20.5 Å². The summed E-state index contributed by atoms with van der Waals surface area (Å²) in [7, 11) is 0. The number of benzene rings is 1. The highest BCUT2D eigenvalue weighted by atomic mass is 35.7. The molecule has 5 nitrogen and oxygen atoms in total. The lowest BCUT2D eigenvalue weighted by atomic mass is 10.2. The van der Waals surface area contributed by atoms with Crippen LogP contribution in [0.1, 0.15) is 27.7 Å². The molecule has 7 heteroatoms. The Balaban J connectivity index is 2.62. The quantitative estimate of drug-likeness (QED) is 0.661. The molecule has 2 atom stereocenters. The molecule has 0 fully saturated rings. The first-order valence-corrected chi connectivity index (χ1v) is 8.67. The summed E-state index contributed by atoms with van der Waals surface area (Å²) >= 11 is 5.80. The molecule has 1 aromatic carbocycles. The van der Waals surface area contributed by atoms with Gasteiger partial charge in [-0.1, -0.05) is 18.2 Å². The molecule has 1 rings (SSSR count). The smallest absolute Gasteiger partial charge is 0.409 e. The molecule has 1 N–H and O–H groups in total. The molecule has 0 unspecified atom stereocenters. The van der Waals surface area contributed by atoms with Crippen molar-refractivity contribution in [2.24, 2.45) is 0 Å². The van der Waals surface area contributed by atoms with Gasteiger partial charge in [0.1, 0.15) is 17.4 Å². The van der Waals surface area contributed by atoms with Crippen LogP contribution in [-0.4, -0.2) is 17.6 Å². The fourth-order valence-corrected chi connectivity index (χ4v) is 3.01. The van der Waals surface area contributed by atoms with E-state index in [1.165, 1.54) is 6.92 Å². The van der Waals surface area contributed by atoms with E-state index in [1.54, 1.807) is 51.1 Å². The van der Waals surface area contributed by atoms with Crippen molar-refractivity contribution >= 4 is 24.1 Å². The monoisotopic (exact) mass is 319 g/mol. The lowest BCUT2D eigenvalue weighted by Gasteiger charge is -2.23. The number of halogens is 1. The third kappa shape index (κ3) is 6.42. The Morgan fingerprint density at radius 2 is 1.85 bits per heavy atom. The van der Waals surface area contributed by atoms with Gasteiger partial charge in [0.2, 0.25) is 0 Å². The minimum atomic E-state index is -3.67. The van der Waals surface area contributed by atoms with Crippen LogP contribution >= 0.6 is 18.1 Å². The molecular formula is C13H19ClNO4P. The highest BCUT2D eigenvalue weighted by Crippen LogP contribution is 2.48. The average molecular weight is 320 g/mol. The minimum absolute atomic E-state index is 0.356. The second-order valence-electron chi connectivity index (χ2n) is 5.27. The number of nitrogens with one attached hydrogen (secondary N) is 1. The Morgan fingerprint density at radius 3 is 2.35 bits per heavy atom. The average Bonchev–Trinajstić information content (AvgIpc) is 2.26. The second-order valence-corrected chi connectivity index (χ2v) is 8.00. The summed E-state index contributed by atoms with van der Waals surface area (Å²) in [4.78, 5) is 11.8. The summed E-state index contributed by atoms with van der Waals surface area (Å²) in [5, 5.41) is 2.45. The molecule has 20 heavy (non-hydrogen) atoms. The maximum atomic E-state index is 12.1. The number of hydrogen-bond acceptors (Lipinski definition) is 4. The fraction of sp³-hybridized carbons (Fsp3) is 0.462. The molecule has 0 aliphatic carbocycles. The van der Waals surface area contributed by atoms with E-state index in [9.17, 15) is 9.36 Å². The van der Waals surface area contributed by atoms with Crippen molar-refractivity contribution in [3.63, 3.8) is 0 Å². The van der Waals surface area contributed by atoms with E-state index in [0.29, 0.717) is 5.75 Å². The number of para-hydroxylation sites is 1. The second kappa shape index (κ2) is 6.61. The molecular weight excluding hydrogens is 301 g/mol. The molecule has 0 spiro atoms. The van der Waals surface area contributed by atoms with E-state index in [2.05, 4.69) is 5.09 Å². The molecule has 0 saturated heterocycles. The Morgan fingerprint density at radius 1 is 1.30 bits per heavy atom. The van der Waals surface area contributed by atoms with Gasteiger partial charge in [-0.3, -0.25) is 4.79 Å². The van der Waals surface area contributed by atoms with Gasteiger partial charge in [-0.05, 0) is 39.8 Å². The van der Waals surface area contributed by atoms with Gasteiger partial charge < -0.3 is 9.26 Å². The molecule has 112 valence electrons. The van der Waals surface area contributed by atoms with Gasteiger partial charge in [-0.2, -0.15) is 0 Å². The minimum Gasteiger partial charge on any atom is -0.459 e. The van der Waals surface area contributed by atoms with Crippen molar-refractivity contribution in [2.75, 3.05) is 0 Å². The Bertz CT molecular complexity index is 501.